The van der Waals surface area contributed by atoms with Crippen LogP contribution in [0.4, 0.5) is 17.1 Å². The molecule has 1 amide bonds. The van der Waals surface area contributed by atoms with Gasteiger partial charge in [0.15, 0.2) is 5.75 Å². The van der Waals surface area contributed by atoms with E-state index in [9.17, 15) is 22.9 Å². The van der Waals surface area contributed by atoms with Gasteiger partial charge in [-0.1, -0.05) is 54.4 Å². The average Bonchev–Trinajstić information content (AvgIpc) is 2.89. The van der Waals surface area contributed by atoms with Crippen LogP contribution in [0.25, 0.3) is 10.8 Å². The largest absolute Gasteiger partial charge is 0.505 e. The van der Waals surface area contributed by atoms with Crippen molar-refractivity contribution in [1.82, 2.24) is 0 Å². The fraction of sp³-hybridized carbons (Fsp3) is 0.148. The first-order valence-electron chi connectivity index (χ1n) is 11.7. The van der Waals surface area contributed by atoms with Gasteiger partial charge >= 0.3 is 0 Å². The van der Waals surface area contributed by atoms with Gasteiger partial charge in [-0.15, -0.1) is 5.11 Å². The Balaban J connectivity index is 1.79. The van der Waals surface area contributed by atoms with E-state index >= 15 is 0 Å². The Labute approximate surface area is 234 Å². The van der Waals surface area contributed by atoms with Gasteiger partial charge in [-0.05, 0) is 54.6 Å². The second-order valence-corrected chi connectivity index (χ2v) is 10.5. The molecule has 0 fully saturated rings. The molecule has 4 aromatic rings. The molecular weight excluding hydrogens is 565 g/mol. The zero-order valence-electron chi connectivity index (χ0n) is 20.8. The molecule has 0 aliphatic rings. The number of aryl methyl sites for hydroxylation is 1. The number of benzene rings is 4. The summed E-state index contributed by atoms with van der Waals surface area (Å²) in [7, 11) is -4.54. The highest BCUT2D eigenvalue weighted by molar-refractivity contribution is 7.86. The SMILES string of the molecule is CCOc1ccc(Cl)c(NC(=O)c2cc3ccccc3c(N=Nc3cc(Cl)c(S(=O)(=O)O)cc3CC)c2O)c1. The van der Waals surface area contributed by atoms with Crippen LogP contribution in [0.3, 0.4) is 0 Å². The van der Waals surface area contributed by atoms with E-state index in [0.29, 0.717) is 40.8 Å². The van der Waals surface area contributed by atoms with Crippen molar-refractivity contribution >= 4 is 67.1 Å². The lowest BCUT2D eigenvalue weighted by Crippen LogP contribution is -2.12. The molecule has 4 aromatic carbocycles. The summed E-state index contributed by atoms with van der Waals surface area (Å²) in [6, 6.07) is 15.8. The van der Waals surface area contributed by atoms with Crippen molar-refractivity contribution < 1.29 is 27.6 Å². The van der Waals surface area contributed by atoms with Gasteiger partial charge in [-0.2, -0.15) is 13.5 Å². The lowest BCUT2D eigenvalue weighted by Gasteiger charge is -2.13. The summed E-state index contributed by atoms with van der Waals surface area (Å²) in [6.45, 7) is 4.02. The van der Waals surface area contributed by atoms with Crippen LogP contribution < -0.4 is 10.1 Å². The van der Waals surface area contributed by atoms with Crippen LogP contribution in [0.5, 0.6) is 11.5 Å². The smallest absolute Gasteiger partial charge is 0.296 e. The maximum absolute atomic E-state index is 13.3. The molecule has 202 valence electrons. The molecule has 0 spiro atoms. The Hall–Kier alpha value is -3.70. The third-order valence-electron chi connectivity index (χ3n) is 5.79. The lowest BCUT2D eigenvalue weighted by molar-refractivity contribution is 0.102. The van der Waals surface area contributed by atoms with Gasteiger partial charge in [0.2, 0.25) is 0 Å². The number of carbonyl (C=O) groups excluding carboxylic acids is 1. The third-order valence-corrected chi connectivity index (χ3v) is 7.43. The Morgan fingerprint density at radius 3 is 2.44 bits per heavy atom. The second kappa shape index (κ2) is 11.6. The number of fused-ring (bicyclic) bond motifs is 1. The minimum absolute atomic E-state index is 0.0180. The number of phenols is 1. The molecule has 39 heavy (non-hydrogen) atoms. The number of aromatic hydroxyl groups is 1. The van der Waals surface area contributed by atoms with Gasteiger partial charge in [-0.3, -0.25) is 9.35 Å². The van der Waals surface area contributed by atoms with E-state index in [-0.39, 0.29) is 27.0 Å². The second-order valence-electron chi connectivity index (χ2n) is 8.31. The van der Waals surface area contributed by atoms with Gasteiger partial charge < -0.3 is 15.2 Å². The van der Waals surface area contributed by atoms with Crippen molar-refractivity contribution in [2.24, 2.45) is 10.2 Å². The number of halogens is 2. The highest BCUT2D eigenvalue weighted by Crippen LogP contribution is 2.41. The Bertz CT molecular complexity index is 1720. The minimum atomic E-state index is -4.54. The molecule has 0 saturated heterocycles. The Kier molecular flexibility index (Phi) is 8.41. The number of phenolic OH excluding ortho intramolecular Hbond substituents is 1. The van der Waals surface area contributed by atoms with Crippen LogP contribution in [0.1, 0.15) is 29.8 Å². The van der Waals surface area contributed by atoms with E-state index < -0.39 is 26.7 Å². The van der Waals surface area contributed by atoms with Crippen molar-refractivity contribution in [3.8, 4) is 11.5 Å². The van der Waals surface area contributed by atoms with E-state index in [1.807, 2.05) is 6.92 Å². The maximum Gasteiger partial charge on any atom is 0.296 e. The van der Waals surface area contributed by atoms with E-state index in [0.717, 1.165) is 0 Å². The summed E-state index contributed by atoms with van der Waals surface area (Å²) in [6.07, 6.45) is 0.352. The van der Waals surface area contributed by atoms with Crippen molar-refractivity contribution in [3.05, 3.63) is 81.8 Å². The molecule has 0 saturated carbocycles. The highest BCUT2D eigenvalue weighted by atomic mass is 35.5. The molecule has 0 aliphatic heterocycles. The van der Waals surface area contributed by atoms with Crippen molar-refractivity contribution in [2.45, 2.75) is 25.2 Å². The molecule has 3 N–H and O–H groups in total. The summed E-state index contributed by atoms with van der Waals surface area (Å²) in [5.41, 5.74) is 0.912. The molecule has 0 atom stereocenters. The average molecular weight is 588 g/mol. The summed E-state index contributed by atoms with van der Waals surface area (Å²) in [5, 5.41) is 23.4. The third kappa shape index (κ3) is 6.15. The predicted molar refractivity (Wildman–Crippen MR) is 151 cm³/mol. The molecule has 12 heteroatoms. The van der Waals surface area contributed by atoms with Gasteiger partial charge in [0, 0.05) is 11.5 Å². The molecule has 9 nitrogen and oxygen atoms in total. The number of ether oxygens (including phenoxy) is 1. The standard InChI is InChI=1S/C27H23Cl2N3O6S/c1-3-15-12-24(39(35,36)37)21(29)14-22(15)31-32-25-18-8-6-5-7-16(18)11-19(26(25)33)27(34)30-23-13-17(38-4-2)9-10-20(23)28/h5-14,33H,3-4H2,1-2H3,(H,30,34)(H,35,36,37). The number of amides is 1. The quantitative estimate of drug-likeness (QED) is 0.142. The van der Waals surface area contributed by atoms with Crippen LogP contribution >= 0.6 is 23.2 Å². The van der Waals surface area contributed by atoms with E-state index in [4.69, 9.17) is 27.9 Å². The lowest BCUT2D eigenvalue weighted by atomic mass is 10.0. The number of azo groups is 1. The minimum Gasteiger partial charge on any atom is -0.505 e. The Morgan fingerprint density at radius 1 is 1.00 bits per heavy atom. The molecule has 4 rings (SSSR count). The van der Waals surface area contributed by atoms with Crippen molar-refractivity contribution in [2.75, 3.05) is 11.9 Å². The Morgan fingerprint density at radius 2 is 1.74 bits per heavy atom. The number of rotatable bonds is 8. The summed E-state index contributed by atoms with van der Waals surface area (Å²) >= 11 is 12.3. The van der Waals surface area contributed by atoms with Gasteiger partial charge in [0.25, 0.3) is 16.0 Å². The molecule has 0 radical (unpaired) electrons. The van der Waals surface area contributed by atoms with Gasteiger partial charge in [-0.25, -0.2) is 0 Å². The van der Waals surface area contributed by atoms with Crippen molar-refractivity contribution in [3.63, 3.8) is 0 Å². The number of nitrogens with one attached hydrogen (secondary N) is 1. The number of hydrogen-bond donors (Lipinski definition) is 3. The molecule has 0 heterocycles. The molecule has 0 aromatic heterocycles. The molecule has 0 bridgehead atoms. The van der Waals surface area contributed by atoms with Crippen LogP contribution in [0.15, 0.2) is 75.8 Å². The number of carbonyl (C=O) groups is 1. The first-order chi connectivity index (χ1) is 18.5. The van der Waals surface area contributed by atoms with E-state index in [1.54, 1.807) is 49.4 Å². The molecule has 0 unspecified atom stereocenters. The first-order valence-corrected chi connectivity index (χ1v) is 13.9. The van der Waals surface area contributed by atoms with Crippen LogP contribution in [0, 0.1) is 0 Å². The van der Waals surface area contributed by atoms with Crippen LogP contribution in [-0.2, 0) is 16.5 Å². The fourth-order valence-corrected chi connectivity index (χ4v) is 5.11. The zero-order valence-corrected chi connectivity index (χ0v) is 23.1. The van der Waals surface area contributed by atoms with Crippen LogP contribution in [-0.4, -0.2) is 30.6 Å². The molecular formula is C27H23Cl2N3O6S. The topological polar surface area (TPSA) is 138 Å². The predicted octanol–water partition coefficient (Wildman–Crippen LogP) is 7.73. The van der Waals surface area contributed by atoms with E-state index in [1.165, 1.54) is 18.2 Å². The van der Waals surface area contributed by atoms with Crippen molar-refractivity contribution in [1.29, 1.82) is 0 Å². The van der Waals surface area contributed by atoms with E-state index in [2.05, 4.69) is 15.5 Å². The zero-order chi connectivity index (χ0) is 28.3. The number of nitrogens with zero attached hydrogens (tertiary/aromatic N) is 2. The summed E-state index contributed by atoms with van der Waals surface area (Å²) in [4.78, 5) is 12.8. The molecule has 0 aliphatic carbocycles. The summed E-state index contributed by atoms with van der Waals surface area (Å²) in [5.74, 6) is -0.550. The number of anilines is 1. The first kappa shape index (κ1) is 28.3. The highest BCUT2D eigenvalue weighted by Gasteiger charge is 2.21. The fourth-order valence-electron chi connectivity index (χ4n) is 3.90. The van der Waals surface area contributed by atoms with Gasteiger partial charge in [0.05, 0.1) is 33.6 Å². The summed E-state index contributed by atoms with van der Waals surface area (Å²) < 4.78 is 38.2. The normalized spacial score (nSPS) is 11.7. The van der Waals surface area contributed by atoms with Gasteiger partial charge in [0.1, 0.15) is 16.3 Å². The van der Waals surface area contributed by atoms with Crippen LogP contribution in [0.2, 0.25) is 10.0 Å². The number of hydrogen-bond acceptors (Lipinski definition) is 7. The monoisotopic (exact) mass is 587 g/mol. The maximum atomic E-state index is 13.3.